The van der Waals surface area contributed by atoms with Crippen LogP contribution in [0.2, 0.25) is 0 Å². The summed E-state index contributed by atoms with van der Waals surface area (Å²) in [5, 5.41) is 2.80. The first-order valence-corrected chi connectivity index (χ1v) is 4.56. The molecule has 1 saturated heterocycles. The van der Waals surface area contributed by atoms with E-state index in [0.717, 1.165) is 11.1 Å². The first-order chi connectivity index (χ1) is 6.52. The fourth-order valence-corrected chi connectivity index (χ4v) is 2.12. The Morgan fingerprint density at radius 1 is 1.50 bits per heavy atom. The van der Waals surface area contributed by atoms with E-state index in [9.17, 15) is 9.59 Å². The summed E-state index contributed by atoms with van der Waals surface area (Å²) in [5.74, 6) is -0.461. The maximum atomic E-state index is 11.4. The number of hydrogen-bond acceptors (Lipinski definition) is 2. The predicted octanol–water partition coefficient (Wildman–Crippen LogP) is -0.416. The molecule has 2 bridgehead atoms. The maximum absolute atomic E-state index is 11.4. The van der Waals surface area contributed by atoms with E-state index in [0.29, 0.717) is 6.54 Å². The Bertz CT molecular complexity index is 348. The Morgan fingerprint density at radius 3 is 2.71 bits per heavy atom. The Kier molecular flexibility index (Phi) is 1.77. The van der Waals surface area contributed by atoms with Crippen molar-refractivity contribution in [3.05, 3.63) is 11.1 Å². The quantitative estimate of drug-likeness (QED) is 0.558. The van der Waals surface area contributed by atoms with Crippen molar-refractivity contribution in [2.45, 2.75) is 25.9 Å². The van der Waals surface area contributed by atoms with Gasteiger partial charge in [-0.2, -0.15) is 0 Å². The molecular weight excluding hydrogens is 182 g/mol. The lowest BCUT2D eigenvalue weighted by molar-refractivity contribution is -0.121. The van der Waals surface area contributed by atoms with Crippen LogP contribution < -0.4 is 11.1 Å². The fourth-order valence-electron chi connectivity index (χ4n) is 2.12. The minimum atomic E-state index is -0.561. The van der Waals surface area contributed by atoms with Crippen molar-refractivity contribution < 1.29 is 9.59 Å². The van der Waals surface area contributed by atoms with Gasteiger partial charge in [-0.3, -0.25) is 4.79 Å². The summed E-state index contributed by atoms with van der Waals surface area (Å²) < 4.78 is 0. The molecule has 0 unspecified atom stereocenters. The summed E-state index contributed by atoms with van der Waals surface area (Å²) >= 11 is 0. The molecule has 76 valence electrons. The summed E-state index contributed by atoms with van der Waals surface area (Å²) in [4.78, 5) is 24.1. The molecule has 5 nitrogen and oxygen atoms in total. The molecule has 2 aliphatic rings. The lowest BCUT2D eigenvalue weighted by Crippen LogP contribution is -2.48. The minimum absolute atomic E-state index is 0.0538. The molecule has 0 aromatic heterocycles. The van der Waals surface area contributed by atoms with Gasteiger partial charge in [-0.05, 0) is 25.0 Å². The van der Waals surface area contributed by atoms with Gasteiger partial charge in [0.05, 0.1) is 6.04 Å². The van der Waals surface area contributed by atoms with Gasteiger partial charge < -0.3 is 16.0 Å². The highest BCUT2D eigenvalue weighted by Crippen LogP contribution is 2.27. The zero-order chi connectivity index (χ0) is 10.5. The average Bonchev–Trinajstić information content (AvgIpc) is 2.42. The first-order valence-electron chi connectivity index (χ1n) is 4.56. The van der Waals surface area contributed by atoms with E-state index in [4.69, 9.17) is 5.73 Å². The van der Waals surface area contributed by atoms with Crippen molar-refractivity contribution in [3.63, 3.8) is 0 Å². The highest BCUT2D eigenvalue weighted by Gasteiger charge is 2.43. The zero-order valence-electron chi connectivity index (χ0n) is 8.20. The van der Waals surface area contributed by atoms with Crippen molar-refractivity contribution in [2.24, 2.45) is 5.73 Å². The van der Waals surface area contributed by atoms with Crippen molar-refractivity contribution >= 4 is 11.9 Å². The average molecular weight is 195 g/mol. The number of hydrogen-bond donors (Lipinski definition) is 2. The Balaban J connectivity index is 2.45. The van der Waals surface area contributed by atoms with Gasteiger partial charge in [-0.25, -0.2) is 4.79 Å². The molecular formula is C9H13N3O2. The summed E-state index contributed by atoms with van der Waals surface area (Å²) in [7, 11) is 0. The molecule has 14 heavy (non-hydrogen) atoms. The highest BCUT2D eigenvalue weighted by molar-refractivity contribution is 5.91. The molecule has 0 spiro atoms. The van der Waals surface area contributed by atoms with Gasteiger partial charge in [-0.1, -0.05) is 0 Å². The van der Waals surface area contributed by atoms with Crippen LogP contribution in [0.4, 0.5) is 4.79 Å². The van der Waals surface area contributed by atoms with E-state index in [1.54, 1.807) is 0 Å². The molecule has 3 N–H and O–H groups in total. The number of nitrogens with two attached hydrogens (primary N) is 1. The summed E-state index contributed by atoms with van der Waals surface area (Å²) in [6, 6.07) is -0.707. The molecule has 2 heterocycles. The number of carbonyl (C=O) groups is 2. The molecule has 2 rings (SSSR count). The third-order valence-electron chi connectivity index (χ3n) is 3.07. The Morgan fingerprint density at radius 2 is 2.14 bits per heavy atom. The van der Waals surface area contributed by atoms with Crippen molar-refractivity contribution in [2.75, 3.05) is 6.54 Å². The maximum Gasteiger partial charge on any atom is 0.318 e. The van der Waals surface area contributed by atoms with Gasteiger partial charge in [0.1, 0.15) is 6.04 Å². The molecule has 0 radical (unpaired) electrons. The van der Waals surface area contributed by atoms with Crippen LogP contribution in [0.15, 0.2) is 11.1 Å². The van der Waals surface area contributed by atoms with Crippen molar-refractivity contribution in [1.82, 2.24) is 10.2 Å². The van der Waals surface area contributed by atoms with Crippen LogP contribution in [0.1, 0.15) is 13.8 Å². The molecule has 2 atom stereocenters. The van der Waals surface area contributed by atoms with Crippen LogP contribution in [0.5, 0.6) is 0 Å². The fraction of sp³-hybridized carbons (Fsp3) is 0.556. The lowest BCUT2D eigenvalue weighted by Gasteiger charge is -2.30. The molecule has 0 aromatic rings. The molecule has 0 aliphatic carbocycles. The number of primary amides is 1. The number of amides is 3. The number of urea groups is 1. The van der Waals surface area contributed by atoms with Crippen molar-refractivity contribution in [1.29, 1.82) is 0 Å². The van der Waals surface area contributed by atoms with E-state index in [2.05, 4.69) is 5.32 Å². The second-order valence-corrected chi connectivity index (χ2v) is 3.83. The van der Waals surface area contributed by atoms with Crippen LogP contribution in [0.3, 0.4) is 0 Å². The smallest absolute Gasteiger partial charge is 0.318 e. The number of fused-ring (bicyclic) bond motifs is 2. The molecule has 0 aromatic carbocycles. The van der Waals surface area contributed by atoms with Gasteiger partial charge in [0.15, 0.2) is 0 Å². The van der Waals surface area contributed by atoms with E-state index in [1.165, 1.54) is 4.90 Å². The second-order valence-electron chi connectivity index (χ2n) is 3.83. The number of rotatable bonds is 1. The number of nitrogens with zero attached hydrogens (tertiary/aromatic N) is 1. The molecule has 3 amide bonds. The van der Waals surface area contributed by atoms with Crippen LogP contribution in [0.25, 0.3) is 0 Å². The molecule has 1 fully saturated rings. The molecule has 2 aliphatic heterocycles. The van der Waals surface area contributed by atoms with Crippen LogP contribution in [-0.4, -0.2) is 35.5 Å². The Hall–Kier alpha value is -1.52. The topological polar surface area (TPSA) is 75.4 Å². The third-order valence-corrected chi connectivity index (χ3v) is 3.07. The van der Waals surface area contributed by atoms with E-state index < -0.39 is 11.9 Å². The van der Waals surface area contributed by atoms with Crippen LogP contribution >= 0.6 is 0 Å². The summed E-state index contributed by atoms with van der Waals surface area (Å²) in [6.07, 6.45) is 0. The van der Waals surface area contributed by atoms with Crippen LogP contribution in [-0.2, 0) is 4.79 Å². The van der Waals surface area contributed by atoms with Gasteiger partial charge in [0.2, 0.25) is 5.91 Å². The van der Waals surface area contributed by atoms with Gasteiger partial charge in [-0.15, -0.1) is 0 Å². The van der Waals surface area contributed by atoms with Gasteiger partial charge in [0, 0.05) is 6.54 Å². The van der Waals surface area contributed by atoms with Crippen LogP contribution in [0, 0.1) is 0 Å². The summed E-state index contributed by atoms with van der Waals surface area (Å²) in [6.45, 7) is 4.33. The highest BCUT2D eigenvalue weighted by atomic mass is 16.2. The SMILES string of the molecule is CC1=C(C)[C@@H]2CN(C(=O)N2)[C@@H]1C(N)=O. The first kappa shape index (κ1) is 9.05. The zero-order valence-corrected chi connectivity index (χ0v) is 8.20. The predicted molar refractivity (Wildman–Crippen MR) is 50.4 cm³/mol. The Labute approximate surface area is 81.9 Å². The largest absolute Gasteiger partial charge is 0.368 e. The van der Waals surface area contributed by atoms with Gasteiger partial charge >= 0.3 is 6.03 Å². The monoisotopic (exact) mass is 195 g/mol. The number of carbonyl (C=O) groups excluding carboxylic acids is 2. The van der Waals surface area contributed by atoms with Crippen molar-refractivity contribution in [3.8, 4) is 0 Å². The third kappa shape index (κ3) is 1.01. The standard InChI is InChI=1S/C9H13N3O2/c1-4-5(2)7(8(10)13)12-3-6(4)11-9(12)14/h6-7H,3H2,1-2H3,(H2,10,13)(H,11,14)/t6-,7-/m0/s1. The van der Waals surface area contributed by atoms with E-state index in [-0.39, 0.29) is 12.1 Å². The number of nitrogens with one attached hydrogen (secondary N) is 1. The second kappa shape index (κ2) is 2.73. The molecule has 0 saturated carbocycles. The lowest BCUT2D eigenvalue weighted by atomic mass is 9.93. The summed E-state index contributed by atoms with van der Waals surface area (Å²) in [5.41, 5.74) is 7.22. The van der Waals surface area contributed by atoms with E-state index >= 15 is 0 Å². The minimum Gasteiger partial charge on any atom is -0.368 e. The van der Waals surface area contributed by atoms with E-state index in [1.807, 2.05) is 13.8 Å². The normalized spacial score (nSPS) is 30.7. The molecule has 5 heteroatoms. The van der Waals surface area contributed by atoms with Gasteiger partial charge in [0.25, 0.3) is 0 Å².